The molecule has 0 saturated carbocycles. The second-order valence-corrected chi connectivity index (χ2v) is 9.12. The van der Waals surface area contributed by atoms with E-state index in [9.17, 15) is 4.79 Å². The molecule has 1 aliphatic heterocycles. The molecule has 1 aliphatic rings. The molecule has 156 valence electrons. The molecule has 8 heteroatoms. The summed E-state index contributed by atoms with van der Waals surface area (Å²) in [6, 6.07) is 11.4. The summed E-state index contributed by atoms with van der Waals surface area (Å²) in [7, 11) is 4.69. The lowest BCUT2D eigenvalue weighted by atomic mass is 10.2. The van der Waals surface area contributed by atoms with E-state index in [4.69, 9.17) is 14.2 Å². The molecule has 0 aliphatic carbocycles. The van der Waals surface area contributed by atoms with Gasteiger partial charge in [-0.2, -0.15) is 0 Å². The monoisotopic (exact) mass is 434 g/mol. The smallest absolute Gasteiger partial charge is 0.319 e. The van der Waals surface area contributed by atoms with Gasteiger partial charge in [0.05, 0.1) is 25.9 Å². The van der Waals surface area contributed by atoms with Gasteiger partial charge in [-0.25, -0.2) is 4.79 Å². The zero-order valence-corrected chi connectivity index (χ0v) is 18.5. The van der Waals surface area contributed by atoms with Crippen molar-refractivity contribution >= 4 is 35.2 Å². The number of thioether (sulfide) groups is 2. The van der Waals surface area contributed by atoms with Crippen LogP contribution in [0.25, 0.3) is 0 Å². The number of hydrogen-bond acceptors (Lipinski definition) is 6. The van der Waals surface area contributed by atoms with Crippen LogP contribution in [0, 0.1) is 0 Å². The van der Waals surface area contributed by atoms with Gasteiger partial charge in [-0.05, 0) is 53.3 Å². The van der Waals surface area contributed by atoms with E-state index >= 15 is 0 Å². The fourth-order valence-corrected chi connectivity index (χ4v) is 5.91. The predicted molar refractivity (Wildman–Crippen MR) is 121 cm³/mol. The number of carbonyl (C=O) groups excluding carboxylic acids is 1. The Labute approximate surface area is 180 Å². The molecule has 0 unspecified atom stereocenters. The minimum Gasteiger partial charge on any atom is -0.493 e. The number of carbonyl (C=O) groups is 1. The molecular weight excluding hydrogens is 408 g/mol. The maximum absolute atomic E-state index is 12.4. The number of nitrogens with one attached hydrogen (secondary N) is 2. The number of hydrogen-bond donors (Lipinski definition) is 2. The van der Waals surface area contributed by atoms with E-state index in [1.807, 2.05) is 47.8 Å². The molecule has 29 heavy (non-hydrogen) atoms. The third-order valence-corrected chi connectivity index (χ3v) is 7.44. The first-order valence-corrected chi connectivity index (χ1v) is 11.4. The van der Waals surface area contributed by atoms with E-state index < -0.39 is 0 Å². The largest absolute Gasteiger partial charge is 0.493 e. The van der Waals surface area contributed by atoms with Gasteiger partial charge in [0.25, 0.3) is 0 Å². The standard InChI is InChI=1S/C21H26N2O4S2/c1-25-17-10-14(11-18(26-2)19(17)27-3)13-22-21(24)23-16-7-4-6-15(12-16)20-28-8-5-9-29-20/h4,6-7,10-12,20H,5,8-9,13H2,1-3H3,(H2,22,23,24). The third kappa shape index (κ3) is 5.67. The predicted octanol–water partition coefficient (Wildman–Crippen LogP) is 4.90. The highest BCUT2D eigenvalue weighted by Gasteiger charge is 2.17. The Bertz CT molecular complexity index is 816. The zero-order valence-electron chi connectivity index (χ0n) is 16.8. The fraction of sp³-hybridized carbons (Fsp3) is 0.381. The van der Waals surface area contributed by atoms with Crippen LogP contribution in [0.2, 0.25) is 0 Å². The second kappa shape index (κ2) is 10.5. The average molecular weight is 435 g/mol. The van der Waals surface area contributed by atoms with Gasteiger partial charge in [0.2, 0.25) is 5.75 Å². The van der Waals surface area contributed by atoms with Crippen LogP contribution in [0.1, 0.15) is 22.1 Å². The van der Waals surface area contributed by atoms with Crippen molar-refractivity contribution in [3.8, 4) is 17.2 Å². The first kappa shape index (κ1) is 21.5. The number of ether oxygens (including phenoxy) is 3. The Morgan fingerprint density at radius 2 is 1.72 bits per heavy atom. The summed E-state index contributed by atoms with van der Waals surface area (Å²) in [5.41, 5.74) is 2.87. The first-order valence-electron chi connectivity index (χ1n) is 9.31. The molecule has 2 aromatic carbocycles. The van der Waals surface area contributed by atoms with E-state index in [-0.39, 0.29) is 6.03 Å². The fourth-order valence-electron chi connectivity index (χ4n) is 3.04. The summed E-state index contributed by atoms with van der Waals surface area (Å²) < 4.78 is 16.5. The molecular formula is C21H26N2O4S2. The van der Waals surface area contributed by atoms with Crippen molar-refractivity contribution in [2.45, 2.75) is 17.5 Å². The minimum atomic E-state index is -0.264. The lowest BCUT2D eigenvalue weighted by molar-refractivity contribution is 0.251. The number of urea groups is 1. The van der Waals surface area contributed by atoms with Gasteiger partial charge >= 0.3 is 6.03 Å². The number of rotatable bonds is 7. The van der Waals surface area contributed by atoms with E-state index in [2.05, 4.69) is 22.8 Å². The number of amides is 2. The summed E-state index contributed by atoms with van der Waals surface area (Å²) in [5.74, 6) is 4.01. The van der Waals surface area contributed by atoms with Crippen molar-refractivity contribution in [3.63, 3.8) is 0 Å². The summed E-state index contributed by atoms with van der Waals surface area (Å²) >= 11 is 3.92. The van der Waals surface area contributed by atoms with Gasteiger partial charge in [0.1, 0.15) is 0 Å². The Morgan fingerprint density at radius 1 is 1.03 bits per heavy atom. The van der Waals surface area contributed by atoms with Crippen molar-refractivity contribution in [1.29, 1.82) is 0 Å². The molecule has 0 bridgehead atoms. The van der Waals surface area contributed by atoms with Gasteiger partial charge in [0.15, 0.2) is 11.5 Å². The topological polar surface area (TPSA) is 68.8 Å². The van der Waals surface area contributed by atoms with Crippen molar-refractivity contribution < 1.29 is 19.0 Å². The highest BCUT2D eigenvalue weighted by Crippen LogP contribution is 2.44. The van der Waals surface area contributed by atoms with Crippen molar-refractivity contribution in [1.82, 2.24) is 5.32 Å². The molecule has 0 radical (unpaired) electrons. The molecule has 2 N–H and O–H groups in total. The van der Waals surface area contributed by atoms with Crippen molar-refractivity contribution in [2.75, 3.05) is 38.2 Å². The van der Waals surface area contributed by atoms with E-state index in [1.165, 1.54) is 23.5 Å². The molecule has 0 atom stereocenters. The van der Waals surface area contributed by atoms with Gasteiger partial charge in [0, 0.05) is 12.2 Å². The maximum atomic E-state index is 12.4. The second-order valence-electron chi connectivity index (χ2n) is 6.39. The van der Waals surface area contributed by atoms with Crippen molar-refractivity contribution in [3.05, 3.63) is 47.5 Å². The number of methoxy groups -OCH3 is 3. The number of anilines is 1. The van der Waals surface area contributed by atoms with Crippen molar-refractivity contribution in [2.24, 2.45) is 0 Å². The summed E-state index contributed by atoms with van der Waals surface area (Å²) in [4.78, 5) is 12.4. The number of benzene rings is 2. The summed E-state index contributed by atoms with van der Waals surface area (Å²) in [5, 5.41) is 5.79. The molecule has 1 fully saturated rings. The van der Waals surface area contributed by atoms with Gasteiger partial charge in [-0.15, -0.1) is 23.5 Å². The molecule has 0 spiro atoms. The van der Waals surface area contributed by atoms with Crippen LogP contribution in [0.3, 0.4) is 0 Å². The Morgan fingerprint density at radius 3 is 2.34 bits per heavy atom. The summed E-state index contributed by atoms with van der Waals surface area (Å²) in [6.07, 6.45) is 1.26. The molecule has 2 amide bonds. The van der Waals surface area contributed by atoms with E-state index in [0.29, 0.717) is 28.4 Å². The molecule has 1 saturated heterocycles. The summed E-state index contributed by atoms with van der Waals surface area (Å²) in [6.45, 7) is 0.330. The van der Waals surface area contributed by atoms with E-state index in [1.54, 1.807) is 21.3 Å². The van der Waals surface area contributed by atoms with Crippen LogP contribution >= 0.6 is 23.5 Å². The van der Waals surface area contributed by atoms with Gasteiger partial charge < -0.3 is 24.8 Å². The maximum Gasteiger partial charge on any atom is 0.319 e. The molecule has 0 aromatic heterocycles. The first-order chi connectivity index (χ1) is 14.1. The van der Waals surface area contributed by atoms with Gasteiger partial charge in [-0.3, -0.25) is 0 Å². The Balaban J connectivity index is 1.61. The molecule has 2 aromatic rings. The normalized spacial score (nSPS) is 14.2. The van der Waals surface area contributed by atoms with E-state index in [0.717, 1.165) is 11.3 Å². The van der Waals surface area contributed by atoms with Crippen LogP contribution in [-0.2, 0) is 6.54 Å². The molecule has 6 nitrogen and oxygen atoms in total. The lowest BCUT2D eigenvalue weighted by Crippen LogP contribution is -2.28. The average Bonchev–Trinajstić information content (AvgIpc) is 2.77. The minimum absolute atomic E-state index is 0.264. The quantitative estimate of drug-likeness (QED) is 0.646. The molecule has 1 heterocycles. The SMILES string of the molecule is COc1cc(CNC(=O)Nc2cccc(C3SCCCS3)c2)cc(OC)c1OC. The van der Waals surface area contributed by atoms with Gasteiger partial charge in [-0.1, -0.05) is 12.1 Å². The lowest BCUT2D eigenvalue weighted by Gasteiger charge is -2.21. The Kier molecular flexibility index (Phi) is 7.83. The van der Waals surface area contributed by atoms with Crippen LogP contribution in [-0.4, -0.2) is 38.9 Å². The van der Waals surface area contributed by atoms with Crippen LogP contribution in [0.15, 0.2) is 36.4 Å². The highest BCUT2D eigenvalue weighted by molar-refractivity contribution is 8.16. The molecule has 3 rings (SSSR count). The van der Waals surface area contributed by atoms with Crippen LogP contribution < -0.4 is 24.8 Å². The third-order valence-electron chi connectivity index (χ3n) is 4.42. The van der Waals surface area contributed by atoms with Crippen LogP contribution in [0.5, 0.6) is 17.2 Å². The Hall–Kier alpha value is -2.19. The highest BCUT2D eigenvalue weighted by atomic mass is 32.2. The zero-order chi connectivity index (χ0) is 20.6. The van der Waals surface area contributed by atoms with Crippen LogP contribution in [0.4, 0.5) is 10.5 Å².